The van der Waals surface area contributed by atoms with E-state index in [0.717, 1.165) is 32.4 Å². The number of hydrogen-bond acceptors (Lipinski definition) is 4. The Morgan fingerprint density at radius 3 is 2.22 bits per heavy atom. The molecule has 2 aromatic heterocycles. The molecule has 5 rings (SSSR count). The van der Waals surface area contributed by atoms with E-state index in [4.69, 9.17) is 4.98 Å². The normalized spacial score (nSPS) is 10.6. The van der Waals surface area contributed by atoms with Crippen molar-refractivity contribution in [3.8, 4) is 39.4 Å². The van der Waals surface area contributed by atoms with Crippen molar-refractivity contribution in [3.05, 3.63) is 114 Å². The molecular formula is C31H25N2OPtS-. The third kappa shape index (κ3) is 5.61. The minimum absolute atomic E-state index is 0. The zero-order valence-electron chi connectivity index (χ0n) is 20.2. The summed E-state index contributed by atoms with van der Waals surface area (Å²) in [6.45, 7) is 6.41. The Morgan fingerprint density at radius 1 is 0.778 bits per heavy atom. The molecule has 5 aromatic rings. The number of benzene rings is 3. The van der Waals surface area contributed by atoms with Gasteiger partial charge in [-0.25, -0.2) is 4.98 Å². The number of pyridine rings is 2. The van der Waals surface area contributed by atoms with Gasteiger partial charge in [0.1, 0.15) is 5.75 Å². The molecule has 36 heavy (non-hydrogen) atoms. The predicted molar refractivity (Wildman–Crippen MR) is 144 cm³/mol. The van der Waals surface area contributed by atoms with Crippen LogP contribution in [-0.4, -0.2) is 15.1 Å². The third-order valence-electron chi connectivity index (χ3n) is 5.87. The Bertz CT molecular complexity index is 1500. The molecule has 0 spiro atoms. The smallest absolute Gasteiger partial charge is 0.124 e. The summed E-state index contributed by atoms with van der Waals surface area (Å²) in [4.78, 5) is 10.4. The van der Waals surface area contributed by atoms with Gasteiger partial charge in [-0.2, -0.15) is 0 Å². The van der Waals surface area contributed by atoms with Crippen molar-refractivity contribution in [2.75, 3.05) is 0 Å². The van der Waals surface area contributed by atoms with Crippen LogP contribution in [0.5, 0.6) is 5.75 Å². The van der Waals surface area contributed by atoms with Gasteiger partial charge in [-0.3, -0.25) is 4.98 Å². The molecule has 0 fully saturated rings. The molecule has 0 radical (unpaired) electrons. The van der Waals surface area contributed by atoms with Crippen molar-refractivity contribution >= 4 is 11.8 Å². The van der Waals surface area contributed by atoms with Crippen LogP contribution in [0.3, 0.4) is 0 Å². The molecule has 0 aliphatic heterocycles. The van der Waals surface area contributed by atoms with Gasteiger partial charge >= 0.3 is 0 Å². The van der Waals surface area contributed by atoms with Crippen LogP contribution >= 0.6 is 11.8 Å². The van der Waals surface area contributed by atoms with Crippen molar-refractivity contribution < 1.29 is 26.2 Å². The van der Waals surface area contributed by atoms with Crippen LogP contribution in [0.4, 0.5) is 0 Å². The first kappa shape index (κ1) is 25.9. The summed E-state index contributed by atoms with van der Waals surface area (Å²) >= 11 is 1.57. The Balaban J connectivity index is 0.00000304. The van der Waals surface area contributed by atoms with Crippen LogP contribution in [0.25, 0.3) is 33.6 Å². The van der Waals surface area contributed by atoms with E-state index in [2.05, 4.69) is 56.1 Å². The molecule has 0 amide bonds. The van der Waals surface area contributed by atoms with E-state index >= 15 is 0 Å². The molecule has 2 heterocycles. The van der Waals surface area contributed by atoms with Crippen molar-refractivity contribution in [2.45, 2.75) is 30.7 Å². The number of phenols is 1. The second-order valence-electron chi connectivity index (χ2n) is 8.62. The van der Waals surface area contributed by atoms with Crippen LogP contribution in [0, 0.1) is 26.8 Å². The number of aryl methyl sites for hydroxylation is 3. The molecule has 1 N–H and O–H groups in total. The summed E-state index contributed by atoms with van der Waals surface area (Å²) in [7, 11) is 0. The molecule has 3 nitrogen and oxygen atoms in total. The molecule has 0 saturated heterocycles. The average molecular weight is 669 g/mol. The molecule has 3 aromatic carbocycles. The summed E-state index contributed by atoms with van der Waals surface area (Å²) in [5, 5.41) is 11.5. The molecule has 0 saturated carbocycles. The Kier molecular flexibility index (Phi) is 8.08. The van der Waals surface area contributed by atoms with E-state index in [1.807, 2.05) is 54.6 Å². The van der Waals surface area contributed by atoms with Gasteiger partial charge in [0, 0.05) is 32.8 Å². The standard InChI is InChI=1S/C31H25N2OS.Pt/c1-20-15-21(2)31(22(3)16-20)24-18-27(33-28(19-24)26-11-4-5-12-29(26)34)23-9-8-10-25(17-23)35-30-13-6-7-14-32-30;/h4-16,18-19,34H,1-3H3;/q-1;. The van der Waals surface area contributed by atoms with E-state index < -0.39 is 0 Å². The van der Waals surface area contributed by atoms with Crippen molar-refractivity contribution in [2.24, 2.45) is 0 Å². The predicted octanol–water partition coefficient (Wildman–Crippen LogP) is 8.06. The maximum absolute atomic E-state index is 10.6. The van der Waals surface area contributed by atoms with Gasteiger partial charge in [-0.05, 0) is 79.1 Å². The number of hydrogen-bond donors (Lipinski definition) is 1. The van der Waals surface area contributed by atoms with Crippen LogP contribution in [0.15, 0.2) is 101 Å². The van der Waals surface area contributed by atoms with Crippen molar-refractivity contribution in [1.29, 1.82) is 0 Å². The molecule has 0 unspecified atom stereocenters. The van der Waals surface area contributed by atoms with Gasteiger partial charge in [0.15, 0.2) is 0 Å². The second-order valence-corrected chi connectivity index (χ2v) is 9.68. The van der Waals surface area contributed by atoms with Gasteiger partial charge in [0.05, 0.1) is 10.7 Å². The molecule has 182 valence electrons. The first-order valence-electron chi connectivity index (χ1n) is 11.5. The average Bonchev–Trinajstić information content (AvgIpc) is 2.84. The number of para-hydroxylation sites is 1. The van der Waals surface area contributed by atoms with Crippen LogP contribution in [0.1, 0.15) is 16.7 Å². The monoisotopic (exact) mass is 668 g/mol. The number of phenolic OH excluding ortho intramolecular Hbond substituents is 1. The third-order valence-corrected chi connectivity index (χ3v) is 6.78. The first-order chi connectivity index (χ1) is 17.0. The second kappa shape index (κ2) is 11.2. The molecule has 0 atom stereocenters. The summed E-state index contributed by atoms with van der Waals surface area (Å²) in [5.74, 6) is 0.212. The van der Waals surface area contributed by atoms with E-state index in [9.17, 15) is 5.11 Å². The van der Waals surface area contributed by atoms with Crippen LogP contribution in [-0.2, 0) is 21.1 Å². The van der Waals surface area contributed by atoms with E-state index in [0.29, 0.717) is 5.56 Å². The number of nitrogens with zero attached hydrogens (tertiary/aromatic N) is 2. The molecular weight excluding hydrogens is 643 g/mol. The summed E-state index contributed by atoms with van der Waals surface area (Å²) in [5.41, 5.74) is 9.07. The van der Waals surface area contributed by atoms with Gasteiger partial charge in [-0.1, -0.05) is 58.6 Å². The fourth-order valence-corrected chi connectivity index (χ4v) is 5.25. The van der Waals surface area contributed by atoms with Crippen LogP contribution < -0.4 is 0 Å². The summed E-state index contributed by atoms with van der Waals surface area (Å²) < 4.78 is 0. The van der Waals surface area contributed by atoms with Crippen LogP contribution in [0.2, 0.25) is 0 Å². The topological polar surface area (TPSA) is 46.0 Å². The zero-order chi connectivity index (χ0) is 24.4. The first-order valence-corrected chi connectivity index (χ1v) is 12.3. The summed E-state index contributed by atoms with van der Waals surface area (Å²) in [6.07, 6.45) is 1.79. The maximum atomic E-state index is 10.6. The Labute approximate surface area is 230 Å². The molecule has 0 bridgehead atoms. The van der Waals surface area contributed by atoms with Crippen molar-refractivity contribution in [1.82, 2.24) is 9.97 Å². The number of rotatable bonds is 5. The zero-order valence-corrected chi connectivity index (χ0v) is 23.3. The largest absolute Gasteiger partial charge is 0.507 e. The maximum Gasteiger partial charge on any atom is 0.124 e. The molecule has 0 aliphatic carbocycles. The molecule has 5 heteroatoms. The Morgan fingerprint density at radius 2 is 1.50 bits per heavy atom. The summed E-state index contributed by atoms with van der Waals surface area (Å²) in [6, 6.07) is 31.4. The van der Waals surface area contributed by atoms with Gasteiger partial charge in [-0.15, -0.1) is 29.8 Å². The minimum atomic E-state index is 0. The minimum Gasteiger partial charge on any atom is -0.507 e. The van der Waals surface area contributed by atoms with Gasteiger partial charge < -0.3 is 5.11 Å². The number of aromatic nitrogens is 2. The van der Waals surface area contributed by atoms with E-state index in [-0.39, 0.29) is 26.8 Å². The molecule has 0 aliphatic rings. The SMILES string of the molecule is Cc1cc(C)c(-c2cc(-c3[c-]c(Sc4ccccn4)ccc3)nc(-c3ccccc3O)c2)c(C)c1.[Pt]. The Hall–Kier alpha value is -3.20. The van der Waals surface area contributed by atoms with E-state index in [1.165, 1.54) is 22.3 Å². The van der Waals surface area contributed by atoms with Gasteiger partial charge in [0.25, 0.3) is 0 Å². The number of aromatic hydroxyl groups is 1. The fourth-order valence-electron chi connectivity index (χ4n) is 4.45. The van der Waals surface area contributed by atoms with E-state index in [1.54, 1.807) is 24.0 Å². The van der Waals surface area contributed by atoms with Crippen molar-refractivity contribution in [3.63, 3.8) is 0 Å². The van der Waals surface area contributed by atoms with Gasteiger partial charge in [0.2, 0.25) is 0 Å². The fraction of sp³-hybridized carbons (Fsp3) is 0.0968. The quantitative estimate of drug-likeness (QED) is 0.193.